The summed E-state index contributed by atoms with van der Waals surface area (Å²) in [5, 5.41) is 8.91. The van der Waals surface area contributed by atoms with Gasteiger partial charge in [-0.1, -0.05) is 11.6 Å². The number of alkyl halides is 3. The second-order valence-electron chi connectivity index (χ2n) is 3.82. The van der Waals surface area contributed by atoms with E-state index in [9.17, 15) is 18.0 Å². The molecule has 0 aliphatic rings. The Balaban J connectivity index is 2.41. The van der Waals surface area contributed by atoms with Crippen LogP contribution >= 0.6 is 11.6 Å². The monoisotopic (exact) mass is 315 g/mol. The highest BCUT2D eigenvalue weighted by atomic mass is 35.5. The van der Waals surface area contributed by atoms with E-state index in [1.807, 2.05) is 4.98 Å². The zero-order valence-electron chi connectivity index (χ0n) is 10.0. The van der Waals surface area contributed by atoms with E-state index in [0.29, 0.717) is 6.07 Å². The van der Waals surface area contributed by atoms with E-state index in [1.165, 1.54) is 18.2 Å². The summed E-state index contributed by atoms with van der Waals surface area (Å²) in [5.74, 6) is -0.0264. The van der Waals surface area contributed by atoms with E-state index in [4.69, 9.17) is 21.6 Å². The van der Waals surface area contributed by atoms with Crippen molar-refractivity contribution in [2.45, 2.75) is 6.18 Å². The Morgan fingerprint density at radius 2 is 2.00 bits per heavy atom. The van der Waals surface area contributed by atoms with E-state index in [0.717, 1.165) is 0 Å². The van der Waals surface area contributed by atoms with Crippen molar-refractivity contribution in [1.29, 1.82) is 5.26 Å². The third-order valence-corrected chi connectivity index (χ3v) is 2.44. The Kier molecular flexibility index (Phi) is 3.86. The van der Waals surface area contributed by atoms with Crippen LogP contribution in [-0.2, 0) is 6.18 Å². The number of hydrogen-bond donors (Lipinski definition) is 1. The highest BCUT2D eigenvalue weighted by Gasteiger charge is 2.33. The van der Waals surface area contributed by atoms with Gasteiger partial charge in [0.1, 0.15) is 5.75 Å². The Hall–Kier alpha value is -2.53. The third-order valence-electron chi connectivity index (χ3n) is 2.23. The quantitative estimate of drug-likeness (QED) is 0.923. The Morgan fingerprint density at radius 1 is 1.29 bits per heavy atom. The fraction of sp³-hybridized carbons (Fsp3) is 0.0833. The maximum Gasteiger partial charge on any atom is 0.433 e. The van der Waals surface area contributed by atoms with Crippen LogP contribution in [0.25, 0.3) is 0 Å². The van der Waals surface area contributed by atoms with Crippen molar-refractivity contribution in [2.75, 3.05) is 0 Å². The van der Waals surface area contributed by atoms with Gasteiger partial charge >= 0.3 is 12.2 Å². The van der Waals surface area contributed by atoms with Crippen LogP contribution in [0.2, 0.25) is 5.02 Å². The summed E-state index contributed by atoms with van der Waals surface area (Å²) >= 11 is 5.73. The van der Waals surface area contributed by atoms with E-state index < -0.39 is 23.4 Å². The van der Waals surface area contributed by atoms with Crippen molar-refractivity contribution in [2.24, 2.45) is 0 Å². The van der Waals surface area contributed by atoms with Crippen LogP contribution in [-0.4, -0.2) is 9.97 Å². The minimum atomic E-state index is -4.78. The van der Waals surface area contributed by atoms with Crippen molar-refractivity contribution in [1.82, 2.24) is 9.97 Å². The summed E-state index contributed by atoms with van der Waals surface area (Å²) in [6.07, 6.45) is -4.78. The molecule has 0 saturated carbocycles. The summed E-state index contributed by atoms with van der Waals surface area (Å²) in [6.45, 7) is 0. The number of aromatic amines is 1. The van der Waals surface area contributed by atoms with E-state index in [1.54, 1.807) is 6.07 Å². The first-order valence-corrected chi connectivity index (χ1v) is 5.73. The molecule has 5 nitrogen and oxygen atoms in total. The molecule has 0 unspecified atom stereocenters. The van der Waals surface area contributed by atoms with Crippen LogP contribution < -0.4 is 10.3 Å². The summed E-state index contributed by atoms with van der Waals surface area (Å²) in [5.41, 5.74) is -2.26. The number of nitrogens with one attached hydrogen (secondary N) is 1. The fourth-order valence-corrected chi connectivity index (χ4v) is 1.65. The average molecular weight is 316 g/mol. The number of H-pyrrole nitrogens is 1. The summed E-state index contributed by atoms with van der Waals surface area (Å²) in [7, 11) is 0. The first-order valence-electron chi connectivity index (χ1n) is 5.35. The molecule has 1 N–H and O–H groups in total. The van der Waals surface area contributed by atoms with Gasteiger partial charge < -0.3 is 4.74 Å². The lowest BCUT2D eigenvalue weighted by atomic mass is 10.2. The zero-order chi connectivity index (χ0) is 15.6. The molecule has 0 amide bonds. The number of benzene rings is 1. The molecule has 1 heterocycles. The van der Waals surface area contributed by atoms with Crippen LogP contribution in [0, 0.1) is 11.3 Å². The number of nitriles is 1. The maximum absolute atomic E-state index is 12.5. The molecule has 9 heteroatoms. The van der Waals surface area contributed by atoms with Crippen molar-refractivity contribution >= 4 is 11.6 Å². The van der Waals surface area contributed by atoms with Crippen LogP contribution in [0.1, 0.15) is 11.3 Å². The van der Waals surface area contributed by atoms with Crippen molar-refractivity contribution < 1.29 is 17.9 Å². The molecule has 2 rings (SSSR count). The Labute approximate surface area is 120 Å². The molecule has 0 bridgehead atoms. The van der Waals surface area contributed by atoms with Gasteiger partial charge in [-0.25, -0.2) is 0 Å². The van der Waals surface area contributed by atoms with Gasteiger partial charge in [-0.05, 0) is 18.2 Å². The first-order chi connectivity index (χ1) is 9.77. The third kappa shape index (κ3) is 3.73. The second kappa shape index (κ2) is 5.46. The largest absolute Gasteiger partial charge is 0.433 e. The van der Waals surface area contributed by atoms with Crippen molar-refractivity contribution in [3.05, 3.63) is 50.9 Å². The van der Waals surface area contributed by atoms with Gasteiger partial charge in [-0.2, -0.15) is 23.4 Å². The molecule has 0 radical (unpaired) electrons. The van der Waals surface area contributed by atoms with Crippen LogP contribution in [0.4, 0.5) is 13.2 Å². The predicted molar refractivity (Wildman–Crippen MR) is 66.1 cm³/mol. The number of hydrogen-bond acceptors (Lipinski definition) is 4. The van der Waals surface area contributed by atoms with Crippen LogP contribution in [0.3, 0.4) is 0 Å². The number of halogens is 4. The molecular formula is C12H5ClF3N3O2. The molecular weight excluding hydrogens is 311 g/mol. The molecule has 0 spiro atoms. The molecule has 0 fully saturated rings. The minimum absolute atomic E-state index is 0.0264. The van der Waals surface area contributed by atoms with Gasteiger partial charge in [0.05, 0.1) is 11.6 Å². The van der Waals surface area contributed by atoms with E-state index >= 15 is 0 Å². The molecule has 0 aliphatic heterocycles. The van der Waals surface area contributed by atoms with Gasteiger partial charge in [-0.3, -0.25) is 9.78 Å². The van der Waals surface area contributed by atoms with Gasteiger partial charge in [0.2, 0.25) is 0 Å². The Bertz CT molecular complexity index is 781. The van der Waals surface area contributed by atoms with Crippen LogP contribution in [0.15, 0.2) is 29.1 Å². The predicted octanol–water partition coefficient (Wildman–Crippen LogP) is 3.11. The van der Waals surface area contributed by atoms with Gasteiger partial charge in [0.15, 0.2) is 5.69 Å². The van der Waals surface area contributed by atoms with E-state index in [-0.39, 0.29) is 16.3 Å². The minimum Gasteiger partial charge on any atom is -0.425 e. The normalized spacial score (nSPS) is 11.0. The zero-order valence-corrected chi connectivity index (χ0v) is 10.8. The lowest BCUT2D eigenvalue weighted by molar-refractivity contribution is -0.141. The molecule has 1 aromatic carbocycles. The Morgan fingerprint density at radius 3 is 2.62 bits per heavy atom. The van der Waals surface area contributed by atoms with Gasteiger partial charge in [0, 0.05) is 11.1 Å². The average Bonchev–Trinajstić information content (AvgIpc) is 2.36. The highest BCUT2D eigenvalue weighted by molar-refractivity contribution is 6.30. The molecule has 2 aromatic rings. The summed E-state index contributed by atoms with van der Waals surface area (Å²) in [6, 6.07) is 5.32. The van der Waals surface area contributed by atoms with Crippen LogP contribution in [0.5, 0.6) is 11.8 Å². The van der Waals surface area contributed by atoms with Crippen molar-refractivity contribution in [3.8, 4) is 17.8 Å². The molecule has 0 atom stereocenters. The molecule has 1 aromatic heterocycles. The second-order valence-corrected chi connectivity index (χ2v) is 4.26. The SMILES string of the molecule is N#Cc1cc(Cl)cc(Oc2nc(C(F)(F)F)cc(=O)[nH]2)c1. The standard InChI is InChI=1S/C12H5ClF3N3O2/c13-7-1-6(5-17)2-8(3-7)21-11-18-9(12(14,15)16)4-10(20)19-11/h1-4H,(H,18,19,20). The lowest BCUT2D eigenvalue weighted by Crippen LogP contribution is -2.16. The lowest BCUT2D eigenvalue weighted by Gasteiger charge is -2.08. The highest BCUT2D eigenvalue weighted by Crippen LogP contribution is 2.28. The number of rotatable bonds is 2. The molecule has 0 saturated heterocycles. The number of nitrogens with zero attached hydrogens (tertiary/aromatic N) is 2. The smallest absolute Gasteiger partial charge is 0.425 e. The van der Waals surface area contributed by atoms with Crippen molar-refractivity contribution in [3.63, 3.8) is 0 Å². The maximum atomic E-state index is 12.5. The number of aromatic nitrogens is 2. The first kappa shape index (κ1) is 14.9. The molecule has 0 aliphatic carbocycles. The number of ether oxygens (including phenoxy) is 1. The topological polar surface area (TPSA) is 78.8 Å². The van der Waals surface area contributed by atoms with Gasteiger partial charge in [-0.15, -0.1) is 0 Å². The van der Waals surface area contributed by atoms with E-state index in [2.05, 4.69) is 4.98 Å². The summed E-state index contributed by atoms with van der Waals surface area (Å²) < 4.78 is 42.6. The summed E-state index contributed by atoms with van der Waals surface area (Å²) in [4.78, 5) is 16.4. The van der Waals surface area contributed by atoms with Gasteiger partial charge in [0.25, 0.3) is 5.56 Å². The fourth-order valence-electron chi connectivity index (χ4n) is 1.43. The molecule has 21 heavy (non-hydrogen) atoms. The molecule has 108 valence electrons.